The first-order valence-electron chi connectivity index (χ1n) is 8.20. The Bertz CT molecular complexity index is 865. The molecule has 0 aromatic heterocycles. The molecule has 2 aromatic rings. The molecule has 0 N–H and O–H groups in total. The van der Waals surface area contributed by atoms with Gasteiger partial charge in [0, 0.05) is 15.6 Å². The summed E-state index contributed by atoms with van der Waals surface area (Å²) in [6.45, 7) is 5.65. The minimum atomic E-state index is -0.699. The van der Waals surface area contributed by atoms with Gasteiger partial charge >= 0.3 is 5.97 Å². The predicted octanol–water partition coefficient (Wildman–Crippen LogP) is 5.18. The molecule has 0 bridgehead atoms. The highest BCUT2D eigenvalue weighted by Crippen LogP contribution is 2.41. The molecule has 2 aromatic carbocycles. The average Bonchev–Trinajstić information content (AvgIpc) is 3.09. The Balaban J connectivity index is 2.15. The highest BCUT2D eigenvalue weighted by molar-refractivity contribution is 6.38. The fourth-order valence-corrected chi connectivity index (χ4v) is 3.80. The molecule has 1 aliphatic rings. The molecule has 0 aliphatic carbocycles. The number of ether oxygens (including phenoxy) is 1. The number of oxime groups is 1. The van der Waals surface area contributed by atoms with Crippen LogP contribution in [0, 0.1) is 26.7 Å². The molecule has 26 heavy (non-hydrogen) atoms. The molecule has 1 heterocycles. The molecular weight excluding hydrogens is 373 g/mol. The first kappa shape index (κ1) is 18.7. The number of esters is 1. The van der Waals surface area contributed by atoms with Gasteiger partial charge in [0.2, 0.25) is 0 Å². The van der Waals surface area contributed by atoms with Crippen LogP contribution in [-0.2, 0) is 14.4 Å². The average molecular weight is 392 g/mol. The van der Waals surface area contributed by atoms with E-state index < -0.39 is 18.0 Å². The van der Waals surface area contributed by atoms with Crippen LogP contribution in [0.15, 0.2) is 35.5 Å². The summed E-state index contributed by atoms with van der Waals surface area (Å²) in [5.41, 5.74) is 4.51. The zero-order valence-corrected chi connectivity index (χ0v) is 16.5. The SMILES string of the molecule is COC(=O)[C@@H]1C(c2c(C)c(Cl)c(C)c(Cl)c2C)=NO[C@H]1c1ccccc1. The molecule has 0 saturated heterocycles. The highest BCUT2D eigenvalue weighted by Gasteiger charge is 2.43. The first-order valence-corrected chi connectivity index (χ1v) is 8.95. The fourth-order valence-electron chi connectivity index (χ4n) is 3.38. The van der Waals surface area contributed by atoms with E-state index in [1.165, 1.54) is 7.11 Å². The van der Waals surface area contributed by atoms with Gasteiger partial charge < -0.3 is 9.57 Å². The number of hydrogen-bond acceptors (Lipinski definition) is 4. The van der Waals surface area contributed by atoms with Gasteiger partial charge in [0.1, 0.15) is 11.6 Å². The minimum absolute atomic E-state index is 0.415. The maximum atomic E-state index is 12.6. The Hall–Kier alpha value is -2.04. The normalized spacial score (nSPS) is 19.1. The summed E-state index contributed by atoms with van der Waals surface area (Å²) in [7, 11) is 1.36. The molecule has 0 spiro atoms. The topological polar surface area (TPSA) is 47.9 Å². The van der Waals surface area contributed by atoms with Crippen molar-refractivity contribution in [2.45, 2.75) is 26.9 Å². The lowest BCUT2D eigenvalue weighted by Crippen LogP contribution is -2.29. The molecule has 3 rings (SSSR count). The van der Waals surface area contributed by atoms with E-state index in [-0.39, 0.29) is 0 Å². The largest absolute Gasteiger partial charge is 0.468 e. The van der Waals surface area contributed by atoms with Crippen LogP contribution in [0.1, 0.15) is 33.9 Å². The minimum Gasteiger partial charge on any atom is -0.468 e. The van der Waals surface area contributed by atoms with Crippen LogP contribution < -0.4 is 0 Å². The monoisotopic (exact) mass is 391 g/mol. The van der Waals surface area contributed by atoms with Crippen LogP contribution >= 0.6 is 23.2 Å². The number of halogens is 2. The molecule has 0 saturated carbocycles. The van der Waals surface area contributed by atoms with Crippen molar-refractivity contribution in [3.63, 3.8) is 0 Å². The van der Waals surface area contributed by atoms with E-state index in [0.29, 0.717) is 15.8 Å². The summed E-state index contributed by atoms with van der Waals surface area (Å²) in [6.07, 6.45) is -0.559. The maximum absolute atomic E-state index is 12.6. The quantitative estimate of drug-likeness (QED) is 0.676. The van der Waals surface area contributed by atoms with Crippen LogP contribution in [0.3, 0.4) is 0 Å². The third-order valence-corrected chi connectivity index (χ3v) is 5.90. The van der Waals surface area contributed by atoms with Gasteiger partial charge in [-0.2, -0.15) is 0 Å². The lowest BCUT2D eigenvalue weighted by atomic mass is 9.84. The van der Waals surface area contributed by atoms with Gasteiger partial charge in [-0.3, -0.25) is 4.79 Å². The van der Waals surface area contributed by atoms with Crippen molar-refractivity contribution < 1.29 is 14.4 Å². The predicted molar refractivity (Wildman–Crippen MR) is 103 cm³/mol. The summed E-state index contributed by atoms with van der Waals surface area (Å²) in [4.78, 5) is 18.3. The Labute approximate surface area is 162 Å². The number of rotatable bonds is 3. The van der Waals surface area contributed by atoms with Gasteiger partial charge in [-0.25, -0.2) is 0 Å². The van der Waals surface area contributed by atoms with E-state index in [2.05, 4.69) is 5.16 Å². The van der Waals surface area contributed by atoms with E-state index in [1.54, 1.807) is 0 Å². The molecule has 1 aliphatic heterocycles. The van der Waals surface area contributed by atoms with Crippen molar-refractivity contribution in [2.24, 2.45) is 11.1 Å². The van der Waals surface area contributed by atoms with E-state index in [4.69, 9.17) is 32.8 Å². The molecule has 4 nitrogen and oxygen atoms in total. The maximum Gasteiger partial charge on any atom is 0.319 e. The van der Waals surface area contributed by atoms with Crippen molar-refractivity contribution in [2.75, 3.05) is 7.11 Å². The van der Waals surface area contributed by atoms with Gasteiger partial charge in [-0.1, -0.05) is 58.7 Å². The summed E-state index contributed by atoms with van der Waals surface area (Å²) < 4.78 is 5.04. The van der Waals surface area contributed by atoms with E-state index in [0.717, 1.165) is 27.8 Å². The highest BCUT2D eigenvalue weighted by atomic mass is 35.5. The Morgan fingerprint density at radius 2 is 1.62 bits per heavy atom. The second kappa shape index (κ2) is 7.29. The Morgan fingerprint density at radius 1 is 1.04 bits per heavy atom. The van der Waals surface area contributed by atoms with Crippen molar-refractivity contribution in [1.29, 1.82) is 0 Å². The van der Waals surface area contributed by atoms with Crippen LogP contribution in [0.2, 0.25) is 10.0 Å². The summed E-state index contributed by atoms with van der Waals surface area (Å²) >= 11 is 12.9. The van der Waals surface area contributed by atoms with Crippen molar-refractivity contribution in [1.82, 2.24) is 0 Å². The Morgan fingerprint density at radius 3 is 2.15 bits per heavy atom. The standard InChI is InChI=1S/C20H19Cl2NO3/c1-10-14(11(2)17(22)12(3)16(10)21)18-15(20(24)25-4)19(26-23-18)13-8-6-5-7-9-13/h5-9,15,19H,1-4H3/t15-,19+/m1/s1. The van der Waals surface area contributed by atoms with E-state index in [1.807, 2.05) is 51.1 Å². The van der Waals surface area contributed by atoms with Crippen molar-refractivity contribution in [3.8, 4) is 0 Å². The van der Waals surface area contributed by atoms with Gasteiger partial charge in [0.25, 0.3) is 0 Å². The third kappa shape index (κ3) is 2.97. The summed E-state index contributed by atoms with van der Waals surface area (Å²) in [5, 5.41) is 5.37. The number of hydrogen-bond donors (Lipinski definition) is 0. The molecule has 2 atom stereocenters. The van der Waals surface area contributed by atoms with Crippen molar-refractivity contribution >= 4 is 34.9 Å². The number of carbonyl (C=O) groups is 1. The number of benzene rings is 2. The molecular formula is C20H19Cl2NO3. The summed E-state index contributed by atoms with van der Waals surface area (Å²) in [6, 6.07) is 9.48. The Kier molecular flexibility index (Phi) is 5.26. The van der Waals surface area contributed by atoms with E-state index >= 15 is 0 Å². The lowest BCUT2D eigenvalue weighted by molar-refractivity contribution is -0.146. The number of carbonyl (C=O) groups excluding carboxylic acids is 1. The number of methoxy groups -OCH3 is 1. The zero-order chi connectivity index (χ0) is 19.0. The zero-order valence-electron chi connectivity index (χ0n) is 15.0. The fraction of sp³-hybridized carbons (Fsp3) is 0.300. The van der Waals surface area contributed by atoms with Gasteiger partial charge in [-0.15, -0.1) is 0 Å². The molecule has 0 fully saturated rings. The van der Waals surface area contributed by atoms with Gasteiger partial charge in [0.05, 0.1) is 7.11 Å². The first-order chi connectivity index (χ1) is 12.4. The summed E-state index contributed by atoms with van der Waals surface area (Å²) in [5.74, 6) is -1.11. The van der Waals surface area contributed by atoms with Gasteiger partial charge in [0.15, 0.2) is 6.10 Å². The van der Waals surface area contributed by atoms with Crippen LogP contribution in [0.4, 0.5) is 0 Å². The molecule has 0 radical (unpaired) electrons. The van der Waals surface area contributed by atoms with Crippen molar-refractivity contribution in [3.05, 3.63) is 68.2 Å². The van der Waals surface area contributed by atoms with Crippen LogP contribution in [0.25, 0.3) is 0 Å². The molecule has 6 heteroatoms. The smallest absolute Gasteiger partial charge is 0.319 e. The van der Waals surface area contributed by atoms with Crippen LogP contribution in [-0.4, -0.2) is 18.8 Å². The van der Waals surface area contributed by atoms with Gasteiger partial charge in [-0.05, 0) is 43.0 Å². The second-order valence-electron chi connectivity index (χ2n) is 6.29. The molecule has 0 amide bonds. The second-order valence-corrected chi connectivity index (χ2v) is 7.05. The lowest BCUT2D eigenvalue weighted by Gasteiger charge is -2.20. The third-order valence-electron chi connectivity index (χ3n) is 4.77. The number of nitrogens with zero attached hydrogens (tertiary/aromatic N) is 1. The molecule has 0 unspecified atom stereocenters. The molecule has 136 valence electrons. The van der Waals surface area contributed by atoms with E-state index in [9.17, 15) is 4.79 Å². The van der Waals surface area contributed by atoms with Crippen LogP contribution in [0.5, 0.6) is 0 Å².